The molecule has 1 aliphatic rings. The molecule has 0 N–H and O–H groups in total. The number of carbonyl (C=O) groups excluding carboxylic acids is 1. The van der Waals surface area contributed by atoms with Crippen molar-refractivity contribution in [2.24, 2.45) is 11.8 Å². The van der Waals surface area contributed by atoms with Crippen LogP contribution in [0.3, 0.4) is 0 Å². The summed E-state index contributed by atoms with van der Waals surface area (Å²) < 4.78 is 11.4. The lowest BCUT2D eigenvalue weighted by Crippen LogP contribution is -2.25. The van der Waals surface area contributed by atoms with Crippen molar-refractivity contribution in [3.05, 3.63) is 24.3 Å². The maximum Gasteiger partial charge on any atom is 0.314 e. The number of unbranched alkanes of at least 4 members (excludes halogenated alkanes) is 8. The monoisotopic (exact) mass is 416 g/mol. The predicted octanol–water partition coefficient (Wildman–Crippen LogP) is 8.11. The summed E-state index contributed by atoms with van der Waals surface area (Å²) >= 11 is 0. The number of ether oxygens (including phenoxy) is 2. The molecule has 170 valence electrons. The maximum atomic E-state index is 12.5. The maximum absolute atomic E-state index is 12.5. The number of hydrogen-bond acceptors (Lipinski definition) is 3. The molecule has 0 heterocycles. The van der Waals surface area contributed by atoms with Gasteiger partial charge in [-0.25, -0.2) is 0 Å². The molecule has 30 heavy (non-hydrogen) atoms. The number of esters is 1. The van der Waals surface area contributed by atoms with Crippen LogP contribution in [0.1, 0.15) is 110 Å². The van der Waals surface area contributed by atoms with Crippen LogP contribution in [0.4, 0.5) is 0 Å². The normalized spacial score (nSPS) is 18.9. The first-order valence-corrected chi connectivity index (χ1v) is 12.7. The van der Waals surface area contributed by atoms with E-state index in [0.717, 1.165) is 37.5 Å². The van der Waals surface area contributed by atoms with Crippen molar-refractivity contribution in [1.82, 2.24) is 0 Å². The zero-order valence-corrected chi connectivity index (χ0v) is 19.5. The van der Waals surface area contributed by atoms with Crippen molar-refractivity contribution in [3.63, 3.8) is 0 Å². The number of carbonyl (C=O) groups is 1. The van der Waals surface area contributed by atoms with E-state index in [4.69, 9.17) is 9.47 Å². The summed E-state index contributed by atoms with van der Waals surface area (Å²) in [6.45, 7) is 5.25. The molecule has 1 aliphatic carbocycles. The van der Waals surface area contributed by atoms with E-state index in [1.807, 2.05) is 24.3 Å². The van der Waals surface area contributed by atoms with Crippen molar-refractivity contribution in [3.8, 4) is 11.5 Å². The molecule has 0 saturated heterocycles. The lowest BCUT2D eigenvalue weighted by molar-refractivity contribution is -0.140. The first-order valence-electron chi connectivity index (χ1n) is 12.7. The first-order chi connectivity index (χ1) is 14.7. The van der Waals surface area contributed by atoms with Crippen molar-refractivity contribution < 1.29 is 14.3 Å². The molecule has 1 aromatic carbocycles. The van der Waals surface area contributed by atoms with Crippen molar-refractivity contribution in [2.75, 3.05) is 6.61 Å². The molecule has 3 nitrogen and oxygen atoms in total. The van der Waals surface area contributed by atoms with Gasteiger partial charge in [0.2, 0.25) is 0 Å². The summed E-state index contributed by atoms with van der Waals surface area (Å²) in [4.78, 5) is 12.5. The Morgan fingerprint density at radius 1 is 0.767 bits per heavy atom. The highest BCUT2D eigenvalue weighted by molar-refractivity contribution is 5.75. The fourth-order valence-corrected chi connectivity index (χ4v) is 4.42. The molecular formula is C27H44O3. The van der Waals surface area contributed by atoms with E-state index in [-0.39, 0.29) is 11.9 Å². The Kier molecular flexibility index (Phi) is 12.6. The molecule has 0 bridgehead atoms. The van der Waals surface area contributed by atoms with Gasteiger partial charge in [0.1, 0.15) is 11.5 Å². The topological polar surface area (TPSA) is 35.5 Å². The second kappa shape index (κ2) is 15.3. The molecule has 0 atom stereocenters. The molecule has 2 rings (SSSR count). The van der Waals surface area contributed by atoms with Gasteiger partial charge in [-0.2, -0.15) is 0 Å². The van der Waals surface area contributed by atoms with E-state index in [2.05, 4.69) is 13.8 Å². The summed E-state index contributed by atoms with van der Waals surface area (Å²) in [5.74, 6) is 2.31. The van der Waals surface area contributed by atoms with Gasteiger partial charge < -0.3 is 9.47 Å². The minimum absolute atomic E-state index is 0.0546. The van der Waals surface area contributed by atoms with Crippen molar-refractivity contribution >= 4 is 5.97 Å². The van der Waals surface area contributed by atoms with Gasteiger partial charge in [-0.3, -0.25) is 4.79 Å². The minimum atomic E-state index is -0.0546. The standard InChI is InChI=1S/C27H44O3/c1-3-5-7-9-11-13-23-14-16-24(17-15-23)27(28)30-26-20-18-25(19-21-26)29-22-12-10-8-6-4-2/h18-21,23-24H,3-17,22H2,1-2H3/t23-,24-. The van der Waals surface area contributed by atoms with Gasteiger partial charge >= 0.3 is 5.97 Å². The van der Waals surface area contributed by atoms with E-state index >= 15 is 0 Å². The predicted molar refractivity (Wildman–Crippen MR) is 125 cm³/mol. The van der Waals surface area contributed by atoms with Crippen LogP contribution in [0.25, 0.3) is 0 Å². The number of benzene rings is 1. The van der Waals surface area contributed by atoms with Gasteiger partial charge in [0, 0.05) is 0 Å². The SMILES string of the molecule is CCCCCCCOc1ccc(OC(=O)[C@H]2CC[C@H](CCCCCCC)CC2)cc1. The quantitative estimate of drug-likeness (QED) is 0.164. The fraction of sp³-hybridized carbons (Fsp3) is 0.741. The van der Waals surface area contributed by atoms with Gasteiger partial charge in [-0.1, -0.05) is 78.1 Å². The van der Waals surface area contributed by atoms with Crippen LogP contribution < -0.4 is 9.47 Å². The average Bonchev–Trinajstić information content (AvgIpc) is 2.77. The second-order valence-corrected chi connectivity index (χ2v) is 9.08. The average molecular weight is 417 g/mol. The van der Waals surface area contributed by atoms with Crippen LogP contribution in [-0.4, -0.2) is 12.6 Å². The van der Waals surface area contributed by atoms with Crippen LogP contribution in [-0.2, 0) is 4.79 Å². The van der Waals surface area contributed by atoms with E-state index in [9.17, 15) is 4.79 Å². The third kappa shape index (κ3) is 10.00. The van der Waals surface area contributed by atoms with Gasteiger partial charge in [-0.05, 0) is 62.3 Å². The summed E-state index contributed by atoms with van der Waals surface area (Å²) in [7, 11) is 0. The van der Waals surface area contributed by atoms with E-state index in [1.54, 1.807) is 0 Å². The largest absolute Gasteiger partial charge is 0.494 e. The highest BCUT2D eigenvalue weighted by Crippen LogP contribution is 2.33. The Bertz CT molecular complexity index is 558. The summed E-state index contributed by atoms with van der Waals surface area (Å²) in [5.41, 5.74) is 0. The van der Waals surface area contributed by atoms with Crippen LogP contribution in [0.15, 0.2) is 24.3 Å². The van der Waals surface area contributed by atoms with Gasteiger partial charge in [0.15, 0.2) is 0 Å². The van der Waals surface area contributed by atoms with Crippen LogP contribution in [0.5, 0.6) is 11.5 Å². The van der Waals surface area contributed by atoms with E-state index < -0.39 is 0 Å². The van der Waals surface area contributed by atoms with Gasteiger partial charge in [-0.15, -0.1) is 0 Å². The van der Waals surface area contributed by atoms with Crippen LogP contribution in [0.2, 0.25) is 0 Å². The molecule has 3 heteroatoms. The molecule has 0 radical (unpaired) electrons. The summed E-state index contributed by atoms with van der Waals surface area (Å²) in [6.07, 6.45) is 18.6. The number of rotatable bonds is 15. The van der Waals surface area contributed by atoms with Crippen molar-refractivity contribution in [2.45, 2.75) is 110 Å². The molecule has 0 aliphatic heterocycles. The summed E-state index contributed by atoms with van der Waals surface area (Å²) in [5, 5.41) is 0. The highest BCUT2D eigenvalue weighted by Gasteiger charge is 2.27. The lowest BCUT2D eigenvalue weighted by Gasteiger charge is -2.27. The fourth-order valence-electron chi connectivity index (χ4n) is 4.42. The molecule has 0 unspecified atom stereocenters. The smallest absolute Gasteiger partial charge is 0.314 e. The van der Waals surface area contributed by atoms with E-state index in [0.29, 0.717) is 5.75 Å². The van der Waals surface area contributed by atoms with Crippen molar-refractivity contribution in [1.29, 1.82) is 0 Å². The molecule has 0 aromatic heterocycles. The van der Waals surface area contributed by atoms with Crippen LogP contribution >= 0.6 is 0 Å². The zero-order chi connectivity index (χ0) is 21.4. The lowest BCUT2D eigenvalue weighted by atomic mass is 9.80. The van der Waals surface area contributed by atoms with Gasteiger partial charge in [0.05, 0.1) is 12.5 Å². The van der Waals surface area contributed by atoms with Gasteiger partial charge in [0.25, 0.3) is 0 Å². The molecule has 1 aromatic rings. The second-order valence-electron chi connectivity index (χ2n) is 9.08. The Hall–Kier alpha value is -1.51. The molecule has 1 fully saturated rings. The third-order valence-electron chi connectivity index (χ3n) is 6.45. The molecular weight excluding hydrogens is 372 g/mol. The zero-order valence-electron chi connectivity index (χ0n) is 19.5. The van der Waals surface area contributed by atoms with Crippen LogP contribution in [0, 0.1) is 11.8 Å². The number of hydrogen-bond donors (Lipinski definition) is 0. The minimum Gasteiger partial charge on any atom is -0.494 e. The van der Waals surface area contributed by atoms with E-state index in [1.165, 1.54) is 77.0 Å². The molecule has 0 amide bonds. The molecule has 0 spiro atoms. The first kappa shape index (κ1) is 24.8. The summed E-state index contributed by atoms with van der Waals surface area (Å²) in [6, 6.07) is 7.52. The molecule has 1 saturated carbocycles. The third-order valence-corrected chi connectivity index (χ3v) is 6.45. The Balaban J connectivity index is 1.60. The Morgan fingerprint density at radius 2 is 1.33 bits per heavy atom. The Labute approximate surface area is 184 Å². The Morgan fingerprint density at radius 3 is 1.97 bits per heavy atom. The highest BCUT2D eigenvalue weighted by atomic mass is 16.5.